The number of amides is 1. The summed E-state index contributed by atoms with van der Waals surface area (Å²) in [5, 5.41) is 0. The maximum atomic E-state index is 11.8. The Morgan fingerprint density at radius 1 is 1.31 bits per heavy atom. The van der Waals surface area contributed by atoms with E-state index in [-0.39, 0.29) is 18.0 Å². The number of rotatable bonds is 4. The second-order valence-electron chi connectivity index (χ2n) is 4.27. The Balaban J connectivity index is 2.67. The number of nitrogens with two attached hydrogens (primary N) is 1. The number of hydrogen-bond acceptors (Lipinski definition) is 2. The summed E-state index contributed by atoms with van der Waals surface area (Å²) in [6, 6.07) is 10.00. The minimum absolute atomic E-state index is 0.0853. The van der Waals surface area contributed by atoms with Crippen molar-refractivity contribution in [3.8, 4) is 0 Å². The van der Waals surface area contributed by atoms with E-state index >= 15 is 0 Å². The SMILES string of the molecule is CC(N)CC(=O)N(C)C(C)c1ccccc1. The first-order valence-electron chi connectivity index (χ1n) is 5.58. The Labute approximate surface area is 97.2 Å². The van der Waals surface area contributed by atoms with Crippen molar-refractivity contribution in [1.82, 2.24) is 4.90 Å². The first-order chi connectivity index (χ1) is 7.52. The molecule has 1 aromatic rings. The van der Waals surface area contributed by atoms with Gasteiger partial charge in [0.05, 0.1) is 6.04 Å². The first-order valence-corrected chi connectivity index (χ1v) is 5.58. The van der Waals surface area contributed by atoms with Crippen LogP contribution < -0.4 is 5.73 Å². The van der Waals surface area contributed by atoms with E-state index in [1.165, 1.54) is 0 Å². The number of carbonyl (C=O) groups excluding carboxylic acids is 1. The molecule has 0 fully saturated rings. The van der Waals surface area contributed by atoms with Crippen LogP contribution in [0.3, 0.4) is 0 Å². The average molecular weight is 220 g/mol. The van der Waals surface area contributed by atoms with Crippen molar-refractivity contribution < 1.29 is 4.79 Å². The van der Waals surface area contributed by atoms with E-state index < -0.39 is 0 Å². The summed E-state index contributed by atoms with van der Waals surface area (Å²) in [5.41, 5.74) is 6.76. The zero-order chi connectivity index (χ0) is 12.1. The van der Waals surface area contributed by atoms with Crippen LogP contribution in [0.1, 0.15) is 31.9 Å². The molecule has 0 radical (unpaired) electrons. The van der Waals surface area contributed by atoms with Crippen LogP contribution in [0.5, 0.6) is 0 Å². The Hall–Kier alpha value is -1.35. The van der Waals surface area contributed by atoms with E-state index in [2.05, 4.69) is 0 Å². The number of nitrogens with zero attached hydrogens (tertiary/aromatic N) is 1. The molecule has 1 aromatic carbocycles. The van der Waals surface area contributed by atoms with Crippen LogP contribution in [0.25, 0.3) is 0 Å². The fourth-order valence-electron chi connectivity index (χ4n) is 1.59. The zero-order valence-corrected chi connectivity index (χ0v) is 10.2. The fourth-order valence-corrected chi connectivity index (χ4v) is 1.59. The molecule has 2 N–H and O–H groups in total. The Bertz CT molecular complexity index is 335. The molecule has 0 saturated heterocycles. The lowest BCUT2D eigenvalue weighted by atomic mass is 10.1. The lowest BCUT2D eigenvalue weighted by Crippen LogP contribution is -2.33. The van der Waals surface area contributed by atoms with Crippen molar-refractivity contribution in [2.75, 3.05) is 7.05 Å². The molecule has 0 heterocycles. The van der Waals surface area contributed by atoms with Gasteiger partial charge in [0.25, 0.3) is 0 Å². The molecule has 1 rings (SSSR count). The minimum Gasteiger partial charge on any atom is -0.339 e. The average Bonchev–Trinajstić information content (AvgIpc) is 2.27. The Kier molecular flexibility index (Phi) is 4.50. The molecule has 0 aliphatic heterocycles. The molecule has 0 aliphatic carbocycles. The Morgan fingerprint density at radius 3 is 2.38 bits per heavy atom. The number of carbonyl (C=O) groups is 1. The summed E-state index contributed by atoms with van der Waals surface area (Å²) < 4.78 is 0. The highest BCUT2D eigenvalue weighted by molar-refractivity contribution is 5.76. The lowest BCUT2D eigenvalue weighted by molar-refractivity contribution is -0.132. The molecular weight excluding hydrogens is 200 g/mol. The van der Waals surface area contributed by atoms with Gasteiger partial charge in [-0.15, -0.1) is 0 Å². The standard InChI is InChI=1S/C13H20N2O/c1-10(14)9-13(16)15(3)11(2)12-7-5-4-6-8-12/h4-8,10-11H,9,14H2,1-3H3. The maximum absolute atomic E-state index is 11.8. The van der Waals surface area contributed by atoms with Gasteiger partial charge >= 0.3 is 0 Å². The lowest BCUT2D eigenvalue weighted by Gasteiger charge is -2.26. The molecule has 1 amide bonds. The van der Waals surface area contributed by atoms with Gasteiger partial charge in [-0.3, -0.25) is 4.79 Å². The predicted molar refractivity (Wildman–Crippen MR) is 65.9 cm³/mol. The third kappa shape index (κ3) is 3.35. The third-order valence-corrected chi connectivity index (χ3v) is 2.75. The Morgan fingerprint density at radius 2 is 1.88 bits per heavy atom. The van der Waals surface area contributed by atoms with Crippen LogP contribution in [0.4, 0.5) is 0 Å². The maximum Gasteiger partial charge on any atom is 0.224 e. The van der Waals surface area contributed by atoms with Crippen molar-refractivity contribution in [2.45, 2.75) is 32.4 Å². The van der Waals surface area contributed by atoms with E-state index in [4.69, 9.17) is 5.73 Å². The van der Waals surface area contributed by atoms with Crippen LogP contribution in [-0.4, -0.2) is 23.9 Å². The molecule has 88 valence electrons. The van der Waals surface area contributed by atoms with E-state index in [0.29, 0.717) is 6.42 Å². The zero-order valence-electron chi connectivity index (χ0n) is 10.2. The van der Waals surface area contributed by atoms with Gasteiger partial charge in [-0.1, -0.05) is 30.3 Å². The second kappa shape index (κ2) is 5.66. The van der Waals surface area contributed by atoms with Crippen molar-refractivity contribution in [2.24, 2.45) is 5.73 Å². The monoisotopic (exact) mass is 220 g/mol. The minimum atomic E-state index is -0.0853. The van der Waals surface area contributed by atoms with Gasteiger partial charge in [0, 0.05) is 19.5 Å². The van der Waals surface area contributed by atoms with Gasteiger partial charge < -0.3 is 10.6 Å². The van der Waals surface area contributed by atoms with E-state index in [1.54, 1.807) is 4.90 Å². The van der Waals surface area contributed by atoms with Gasteiger partial charge in [0.2, 0.25) is 5.91 Å². The number of benzene rings is 1. The van der Waals surface area contributed by atoms with E-state index in [1.807, 2.05) is 51.2 Å². The second-order valence-corrected chi connectivity index (χ2v) is 4.27. The van der Waals surface area contributed by atoms with E-state index in [0.717, 1.165) is 5.56 Å². The van der Waals surface area contributed by atoms with Gasteiger partial charge in [-0.2, -0.15) is 0 Å². The predicted octanol–water partition coefficient (Wildman–Crippen LogP) is 1.94. The van der Waals surface area contributed by atoms with Gasteiger partial charge in [-0.05, 0) is 19.4 Å². The normalized spacial score (nSPS) is 14.2. The summed E-state index contributed by atoms with van der Waals surface area (Å²) in [6.45, 7) is 3.87. The molecular formula is C13H20N2O. The summed E-state index contributed by atoms with van der Waals surface area (Å²) >= 11 is 0. The largest absolute Gasteiger partial charge is 0.339 e. The molecule has 0 spiro atoms. The van der Waals surface area contributed by atoms with Gasteiger partial charge in [0.15, 0.2) is 0 Å². The van der Waals surface area contributed by atoms with Crippen LogP contribution in [0.2, 0.25) is 0 Å². The molecule has 2 atom stereocenters. The van der Waals surface area contributed by atoms with Gasteiger partial charge in [-0.25, -0.2) is 0 Å². The van der Waals surface area contributed by atoms with Crippen LogP contribution >= 0.6 is 0 Å². The number of hydrogen-bond donors (Lipinski definition) is 1. The molecule has 2 unspecified atom stereocenters. The molecule has 3 heteroatoms. The van der Waals surface area contributed by atoms with Crippen LogP contribution in [0, 0.1) is 0 Å². The summed E-state index contributed by atoms with van der Waals surface area (Å²) in [5.74, 6) is 0.0892. The molecule has 0 saturated carbocycles. The van der Waals surface area contributed by atoms with Crippen molar-refractivity contribution in [3.05, 3.63) is 35.9 Å². The highest BCUT2D eigenvalue weighted by Gasteiger charge is 2.17. The summed E-state index contributed by atoms with van der Waals surface area (Å²) in [7, 11) is 1.82. The molecule has 3 nitrogen and oxygen atoms in total. The third-order valence-electron chi connectivity index (χ3n) is 2.75. The van der Waals surface area contributed by atoms with Gasteiger partial charge in [0.1, 0.15) is 0 Å². The summed E-state index contributed by atoms with van der Waals surface area (Å²) in [6.07, 6.45) is 0.397. The van der Waals surface area contributed by atoms with Crippen molar-refractivity contribution in [1.29, 1.82) is 0 Å². The highest BCUT2D eigenvalue weighted by Crippen LogP contribution is 2.18. The van der Waals surface area contributed by atoms with E-state index in [9.17, 15) is 4.79 Å². The first kappa shape index (κ1) is 12.7. The van der Waals surface area contributed by atoms with Crippen LogP contribution in [-0.2, 0) is 4.79 Å². The molecule has 0 aromatic heterocycles. The smallest absolute Gasteiger partial charge is 0.224 e. The molecule has 0 aliphatic rings. The topological polar surface area (TPSA) is 46.3 Å². The summed E-state index contributed by atoms with van der Waals surface area (Å²) in [4.78, 5) is 13.6. The molecule has 16 heavy (non-hydrogen) atoms. The van der Waals surface area contributed by atoms with Crippen LogP contribution in [0.15, 0.2) is 30.3 Å². The van der Waals surface area contributed by atoms with Crippen molar-refractivity contribution >= 4 is 5.91 Å². The quantitative estimate of drug-likeness (QED) is 0.843. The van der Waals surface area contributed by atoms with Crippen molar-refractivity contribution in [3.63, 3.8) is 0 Å². The highest BCUT2D eigenvalue weighted by atomic mass is 16.2. The fraction of sp³-hybridized carbons (Fsp3) is 0.462. The molecule has 0 bridgehead atoms.